The summed E-state index contributed by atoms with van der Waals surface area (Å²) in [5.74, 6) is 0.579. The van der Waals surface area contributed by atoms with Gasteiger partial charge in [0.15, 0.2) is 5.96 Å². The average Bonchev–Trinajstić information content (AvgIpc) is 2.54. The van der Waals surface area contributed by atoms with E-state index in [0.29, 0.717) is 31.2 Å². The van der Waals surface area contributed by atoms with E-state index < -0.39 is 0 Å². The van der Waals surface area contributed by atoms with Gasteiger partial charge in [-0.25, -0.2) is 0 Å². The number of aliphatic imine (C=N–C) groups is 1. The third-order valence-corrected chi connectivity index (χ3v) is 3.80. The molecule has 3 N–H and O–H groups in total. The summed E-state index contributed by atoms with van der Waals surface area (Å²) < 4.78 is 6.29. The molecule has 0 bridgehead atoms. The molecule has 0 aliphatic rings. The minimum Gasteiger partial charge on any atom is -0.377 e. The van der Waals surface area contributed by atoms with Crippen molar-refractivity contribution in [2.45, 2.75) is 19.4 Å². The Hall–Kier alpha value is -0.870. The quantitative estimate of drug-likeness (QED) is 0.227. The van der Waals surface area contributed by atoms with E-state index in [0.717, 1.165) is 4.47 Å². The Morgan fingerprint density at radius 2 is 1.75 bits per heavy atom. The van der Waals surface area contributed by atoms with Crippen LogP contribution in [0, 0.1) is 0 Å². The third-order valence-electron chi connectivity index (χ3n) is 3.27. The summed E-state index contributed by atoms with van der Waals surface area (Å²) in [6, 6.07) is 7.24. The maximum atomic E-state index is 11.9. The van der Waals surface area contributed by atoms with Crippen LogP contribution in [0.15, 0.2) is 33.7 Å². The molecule has 0 radical (unpaired) electrons. The number of carbonyl (C=O) groups excluding carboxylic acids is 1. The van der Waals surface area contributed by atoms with Crippen LogP contribution in [0.5, 0.6) is 0 Å². The highest BCUT2D eigenvalue weighted by molar-refractivity contribution is 14.0. The standard InChI is InChI=1S/C16H25BrN4O2.HI/c1-16(2,23-4)11-21-15(18-3)20-10-9-19-14(22)12-5-7-13(17)8-6-12;/h5-8H,9-11H2,1-4H3,(H,19,22)(H2,18,20,21);1H. The largest absolute Gasteiger partial charge is 0.377 e. The van der Waals surface area contributed by atoms with Crippen molar-refractivity contribution in [2.75, 3.05) is 33.8 Å². The Morgan fingerprint density at radius 1 is 1.17 bits per heavy atom. The number of nitrogens with one attached hydrogen (secondary N) is 3. The van der Waals surface area contributed by atoms with Gasteiger partial charge in [-0.3, -0.25) is 9.79 Å². The van der Waals surface area contributed by atoms with Gasteiger partial charge in [-0.2, -0.15) is 0 Å². The van der Waals surface area contributed by atoms with Gasteiger partial charge in [-0.05, 0) is 38.1 Å². The second kappa shape index (κ2) is 11.6. The van der Waals surface area contributed by atoms with E-state index in [-0.39, 0.29) is 35.5 Å². The molecule has 0 aliphatic heterocycles. The van der Waals surface area contributed by atoms with Gasteiger partial charge >= 0.3 is 0 Å². The van der Waals surface area contributed by atoms with E-state index in [1.165, 1.54) is 0 Å². The molecule has 0 saturated carbocycles. The van der Waals surface area contributed by atoms with Gasteiger partial charge in [0.25, 0.3) is 5.91 Å². The number of amides is 1. The van der Waals surface area contributed by atoms with E-state index >= 15 is 0 Å². The number of methoxy groups -OCH3 is 1. The van der Waals surface area contributed by atoms with Crippen LogP contribution in [0.1, 0.15) is 24.2 Å². The van der Waals surface area contributed by atoms with Crippen molar-refractivity contribution in [3.63, 3.8) is 0 Å². The highest BCUT2D eigenvalue weighted by Gasteiger charge is 2.16. The fourth-order valence-electron chi connectivity index (χ4n) is 1.65. The molecule has 136 valence electrons. The number of hydrogen-bond acceptors (Lipinski definition) is 3. The summed E-state index contributed by atoms with van der Waals surface area (Å²) in [4.78, 5) is 16.1. The SMILES string of the molecule is CN=C(NCCNC(=O)c1ccc(Br)cc1)NCC(C)(C)OC.I. The molecular weight excluding hydrogens is 487 g/mol. The molecule has 0 atom stereocenters. The summed E-state index contributed by atoms with van der Waals surface area (Å²) in [5.41, 5.74) is 0.366. The highest BCUT2D eigenvalue weighted by Crippen LogP contribution is 2.10. The number of benzene rings is 1. The Morgan fingerprint density at radius 3 is 2.29 bits per heavy atom. The molecule has 1 aromatic carbocycles. The van der Waals surface area contributed by atoms with Crippen LogP contribution < -0.4 is 16.0 Å². The van der Waals surface area contributed by atoms with Crippen molar-refractivity contribution in [1.29, 1.82) is 0 Å². The Balaban J connectivity index is 0.00000529. The van der Waals surface area contributed by atoms with E-state index in [1.54, 1.807) is 26.3 Å². The zero-order valence-electron chi connectivity index (χ0n) is 14.5. The number of nitrogens with zero attached hydrogens (tertiary/aromatic N) is 1. The van der Waals surface area contributed by atoms with E-state index in [9.17, 15) is 4.79 Å². The second-order valence-electron chi connectivity index (χ2n) is 5.58. The molecule has 0 aromatic heterocycles. The number of ether oxygens (including phenoxy) is 1. The molecule has 1 rings (SSSR count). The Bertz CT molecular complexity index is 535. The van der Waals surface area contributed by atoms with Gasteiger partial charge in [0.2, 0.25) is 0 Å². The molecule has 1 aromatic rings. The summed E-state index contributed by atoms with van der Waals surface area (Å²) in [7, 11) is 3.38. The van der Waals surface area contributed by atoms with Gasteiger partial charge in [-0.1, -0.05) is 15.9 Å². The molecule has 8 heteroatoms. The molecule has 0 fully saturated rings. The third kappa shape index (κ3) is 8.84. The minimum absolute atomic E-state index is 0. The zero-order chi connectivity index (χ0) is 17.3. The lowest BCUT2D eigenvalue weighted by Gasteiger charge is -2.24. The average molecular weight is 513 g/mol. The molecule has 0 unspecified atom stereocenters. The van der Waals surface area contributed by atoms with Crippen LogP contribution in [-0.4, -0.2) is 51.3 Å². The molecule has 1 amide bonds. The molecule has 0 aliphatic carbocycles. The lowest BCUT2D eigenvalue weighted by molar-refractivity contribution is 0.0268. The molecule has 24 heavy (non-hydrogen) atoms. The molecule has 0 heterocycles. The first-order valence-corrected chi connectivity index (χ1v) is 8.20. The zero-order valence-corrected chi connectivity index (χ0v) is 18.4. The van der Waals surface area contributed by atoms with Crippen molar-refractivity contribution in [1.82, 2.24) is 16.0 Å². The van der Waals surface area contributed by atoms with Gasteiger partial charge in [0, 0.05) is 43.8 Å². The van der Waals surface area contributed by atoms with E-state index in [1.807, 2.05) is 26.0 Å². The predicted octanol–water partition coefficient (Wildman–Crippen LogP) is 2.39. The van der Waals surface area contributed by atoms with Crippen molar-refractivity contribution in [2.24, 2.45) is 4.99 Å². The number of hydrogen-bond donors (Lipinski definition) is 3. The lowest BCUT2D eigenvalue weighted by atomic mass is 10.1. The fourth-order valence-corrected chi connectivity index (χ4v) is 1.91. The maximum absolute atomic E-state index is 11.9. The molecular formula is C16H26BrIN4O2. The smallest absolute Gasteiger partial charge is 0.251 e. The van der Waals surface area contributed by atoms with Crippen LogP contribution in [0.4, 0.5) is 0 Å². The van der Waals surface area contributed by atoms with Crippen LogP contribution >= 0.6 is 39.9 Å². The fraction of sp³-hybridized carbons (Fsp3) is 0.500. The minimum atomic E-state index is -0.270. The summed E-state index contributed by atoms with van der Waals surface area (Å²) in [6.45, 7) is 5.70. The number of carbonyl (C=O) groups is 1. The summed E-state index contributed by atoms with van der Waals surface area (Å²) in [5, 5.41) is 9.18. The first kappa shape index (κ1) is 23.1. The van der Waals surface area contributed by atoms with Crippen molar-refractivity contribution in [3.8, 4) is 0 Å². The van der Waals surface area contributed by atoms with Gasteiger partial charge < -0.3 is 20.7 Å². The molecule has 0 spiro atoms. The van der Waals surface area contributed by atoms with Crippen LogP contribution in [0.2, 0.25) is 0 Å². The predicted molar refractivity (Wildman–Crippen MR) is 112 cm³/mol. The number of halogens is 2. The van der Waals surface area contributed by atoms with Crippen LogP contribution in [0.3, 0.4) is 0 Å². The number of rotatable bonds is 7. The maximum Gasteiger partial charge on any atom is 0.251 e. The highest BCUT2D eigenvalue weighted by atomic mass is 127. The van der Waals surface area contributed by atoms with Crippen LogP contribution in [0.25, 0.3) is 0 Å². The van der Waals surface area contributed by atoms with Crippen molar-refractivity contribution in [3.05, 3.63) is 34.3 Å². The van der Waals surface area contributed by atoms with Gasteiger partial charge in [0.1, 0.15) is 0 Å². The first-order chi connectivity index (χ1) is 10.9. The monoisotopic (exact) mass is 512 g/mol. The van der Waals surface area contributed by atoms with Crippen molar-refractivity contribution >= 4 is 51.8 Å². The Labute approximate surface area is 169 Å². The lowest BCUT2D eigenvalue weighted by Crippen LogP contribution is -2.46. The molecule has 0 saturated heterocycles. The topological polar surface area (TPSA) is 74.8 Å². The van der Waals surface area contributed by atoms with Gasteiger partial charge in [-0.15, -0.1) is 24.0 Å². The van der Waals surface area contributed by atoms with Crippen molar-refractivity contribution < 1.29 is 9.53 Å². The Kier molecular flexibility index (Phi) is 11.2. The molecule has 6 nitrogen and oxygen atoms in total. The summed E-state index contributed by atoms with van der Waals surface area (Å²) >= 11 is 3.35. The van der Waals surface area contributed by atoms with Gasteiger partial charge in [0.05, 0.1) is 5.60 Å². The summed E-state index contributed by atoms with van der Waals surface area (Å²) in [6.07, 6.45) is 0. The number of guanidine groups is 1. The second-order valence-corrected chi connectivity index (χ2v) is 6.49. The van der Waals surface area contributed by atoms with Crippen LogP contribution in [-0.2, 0) is 4.74 Å². The first-order valence-electron chi connectivity index (χ1n) is 7.41. The van der Waals surface area contributed by atoms with E-state index in [2.05, 4.69) is 36.9 Å². The normalized spacial score (nSPS) is 11.5. The van der Waals surface area contributed by atoms with E-state index in [4.69, 9.17) is 4.74 Å².